The summed E-state index contributed by atoms with van der Waals surface area (Å²) in [4.78, 5) is 8.93. The molecule has 0 saturated carbocycles. The Kier molecular flexibility index (Phi) is 10.0. The minimum Gasteiger partial charge on any atom is -0.380 e. The zero-order chi connectivity index (χ0) is 16.5. The van der Waals surface area contributed by atoms with Gasteiger partial charge in [0, 0.05) is 39.3 Å². The molecule has 1 fully saturated rings. The molecular formula is C17H28FIN4O. The fourth-order valence-corrected chi connectivity index (χ4v) is 2.65. The normalized spacial score (nSPS) is 15.2. The monoisotopic (exact) mass is 450 g/mol. The largest absolute Gasteiger partial charge is 0.380 e. The maximum absolute atomic E-state index is 13.9. The fraction of sp³-hybridized carbons (Fsp3) is 0.588. The highest BCUT2D eigenvalue weighted by atomic mass is 127. The number of hydrogen-bond donors (Lipinski definition) is 1. The van der Waals surface area contributed by atoms with E-state index in [-0.39, 0.29) is 29.8 Å². The molecule has 2 rings (SSSR count). The van der Waals surface area contributed by atoms with Crippen LogP contribution >= 0.6 is 24.0 Å². The van der Waals surface area contributed by atoms with Crippen molar-refractivity contribution in [1.29, 1.82) is 0 Å². The quantitative estimate of drug-likeness (QED) is 0.313. The van der Waals surface area contributed by atoms with Crippen LogP contribution in [0.3, 0.4) is 0 Å². The average Bonchev–Trinajstić information content (AvgIpc) is 2.58. The molecule has 1 saturated heterocycles. The number of ether oxygens (including phenoxy) is 1. The summed E-state index contributed by atoms with van der Waals surface area (Å²) in [5.41, 5.74) is 0.686. The van der Waals surface area contributed by atoms with Gasteiger partial charge in [0.05, 0.1) is 18.8 Å². The first kappa shape index (κ1) is 21.0. The number of nitrogens with one attached hydrogen (secondary N) is 1. The van der Waals surface area contributed by atoms with Crippen LogP contribution in [0.25, 0.3) is 0 Å². The Balaban J connectivity index is 0.00000288. The van der Waals surface area contributed by atoms with Crippen molar-refractivity contribution in [2.75, 3.05) is 57.4 Å². The van der Waals surface area contributed by atoms with Gasteiger partial charge in [0.25, 0.3) is 0 Å². The third kappa shape index (κ3) is 6.08. The van der Waals surface area contributed by atoms with Gasteiger partial charge in [-0.05, 0) is 26.0 Å². The van der Waals surface area contributed by atoms with E-state index in [4.69, 9.17) is 4.74 Å². The van der Waals surface area contributed by atoms with E-state index in [0.29, 0.717) is 25.4 Å². The third-order valence-corrected chi connectivity index (χ3v) is 3.81. The van der Waals surface area contributed by atoms with Crippen molar-refractivity contribution in [2.24, 2.45) is 4.99 Å². The predicted octanol–water partition coefficient (Wildman–Crippen LogP) is 2.57. The van der Waals surface area contributed by atoms with E-state index >= 15 is 0 Å². The van der Waals surface area contributed by atoms with Gasteiger partial charge < -0.3 is 19.9 Å². The SMILES string of the molecule is CCNC(=NCCOCC)N1CCN(c2ccccc2F)CC1.I. The minimum absolute atomic E-state index is 0. The van der Waals surface area contributed by atoms with Crippen LogP contribution in [0.1, 0.15) is 13.8 Å². The first-order valence-corrected chi connectivity index (χ1v) is 8.36. The zero-order valence-electron chi connectivity index (χ0n) is 14.5. The van der Waals surface area contributed by atoms with Gasteiger partial charge in [-0.2, -0.15) is 0 Å². The Morgan fingerprint density at radius 1 is 1.21 bits per heavy atom. The molecule has 136 valence electrons. The first-order valence-electron chi connectivity index (χ1n) is 8.36. The molecule has 0 bridgehead atoms. The second-order valence-corrected chi connectivity index (χ2v) is 5.36. The summed E-state index contributed by atoms with van der Waals surface area (Å²) in [6, 6.07) is 6.96. The molecule has 7 heteroatoms. The number of hydrogen-bond acceptors (Lipinski definition) is 3. The van der Waals surface area contributed by atoms with Crippen LogP contribution in [0.4, 0.5) is 10.1 Å². The summed E-state index contributed by atoms with van der Waals surface area (Å²) in [7, 11) is 0. The Morgan fingerprint density at radius 2 is 1.92 bits per heavy atom. The fourth-order valence-electron chi connectivity index (χ4n) is 2.65. The lowest BCUT2D eigenvalue weighted by molar-refractivity contribution is 0.155. The molecule has 0 spiro atoms. The van der Waals surface area contributed by atoms with Crippen LogP contribution in [-0.4, -0.2) is 63.3 Å². The zero-order valence-corrected chi connectivity index (χ0v) is 16.8. The summed E-state index contributed by atoms with van der Waals surface area (Å²) < 4.78 is 19.2. The number of rotatable bonds is 6. The Bertz CT molecular complexity index is 507. The molecule has 5 nitrogen and oxygen atoms in total. The van der Waals surface area contributed by atoms with E-state index in [9.17, 15) is 4.39 Å². The molecule has 0 radical (unpaired) electrons. The first-order chi connectivity index (χ1) is 11.3. The summed E-state index contributed by atoms with van der Waals surface area (Å²) >= 11 is 0. The molecule has 0 aromatic heterocycles. The lowest BCUT2D eigenvalue weighted by Gasteiger charge is -2.37. The lowest BCUT2D eigenvalue weighted by atomic mass is 10.2. The van der Waals surface area contributed by atoms with Gasteiger partial charge in [0.15, 0.2) is 5.96 Å². The van der Waals surface area contributed by atoms with Crippen LogP contribution < -0.4 is 10.2 Å². The number of halogens is 2. The topological polar surface area (TPSA) is 40.1 Å². The lowest BCUT2D eigenvalue weighted by Crippen LogP contribution is -2.52. The highest BCUT2D eigenvalue weighted by Gasteiger charge is 2.21. The molecule has 1 aromatic carbocycles. The van der Waals surface area contributed by atoms with Crippen molar-refractivity contribution in [3.63, 3.8) is 0 Å². The van der Waals surface area contributed by atoms with Crippen LogP contribution in [0, 0.1) is 5.82 Å². The molecule has 0 aliphatic carbocycles. The molecule has 1 aliphatic rings. The van der Waals surface area contributed by atoms with E-state index in [1.54, 1.807) is 6.07 Å². The van der Waals surface area contributed by atoms with Crippen molar-refractivity contribution in [1.82, 2.24) is 10.2 Å². The molecule has 1 heterocycles. The van der Waals surface area contributed by atoms with Gasteiger partial charge in [-0.3, -0.25) is 4.99 Å². The molecule has 24 heavy (non-hydrogen) atoms. The molecule has 1 aliphatic heterocycles. The maximum atomic E-state index is 13.9. The Hall–Kier alpha value is -1.09. The Morgan fingerprint density at radius 3 is 2.54 bits per heavy atom. The summed E-state index contributed by atoms with van der Waals surface area (Å²) in [6.07, 6.45) is 0. The van der Waals surface area contributed by atoms with E-state index < -0.39 is 0 Å². The second-order valence-electron chi connectivity index (χ2n) is 5.36. The number of piperazine rings is 1. The minimum atomic E-state index is -0.154. The van der Waals surface area contributed by atoms with Crippen molar-refractivity contribution in [3.05, 3.63) is 30.1 Å². The second kappa shape index (κ2) is 11.5. The van der Waals surface area contributed by atoms with Gasteiger partial charge in [0.2, 0.25) is 0 Å². The van der Waals surface area contributed by atoms with Crippen LogP contribution in [-0.2, 0) is 4.74 Å². The smallest absolute Gasteiger partial charge is 0.194 e. The molecule has 1 aromatic rings. The number of para-hydroxylation sites is 1. The van der Waals surface area contributed by atoms with Gasteiger partial charge in [-0.25, -0.2) is 4.39 Å². The van der Waals surface area contributed by atoms with Gasteiger partial charge in [-0.1, -0.05) is 12.1 Å². The van der Waals surface area contributed by atoms with Crippen molar-refractivity contribution in [2.45, 2.75) is 13.8 Å². The predicted molar refractivity (Wildman–Crippen MR) is 108 cm³/mol. The van der Waals surface area contributed by atoms with E-state index in [1.165, 1.54) is 6.07 Å². The Labute approximate surface area is 161 Å². The van der Waals surface area contributed by atoms with E-state index in [2.05, 4.69) is 27.0 Å². The van der Waals surface area contributed by atoms with Crippen molar-refractivity contribution < 1.29 is 9.13 Å². The van der Waals surface area contributed by atoms with Crippen molar-refractivity contribution >= 4 is 35.6 Å². The van der Waals surface area contributed by atoms with Gasteiger partial charge >= 0.3 is 0 Å². The van der Waals surface area contributed by atoms with Crippen LogP contribution in [0.15, 0.2) is 29.3 Å². The van der Waals surface area contributed by atoms with Gasteiger partial charge in [0.1, 0.15) is 5.82 Å². The number of guanidine groups is 1. The van der Waals surface area contributed by atoms with Gasteiger partial charge in [-0.15, -0.1) is 24.0 Å². The highest BCUT2D eigenvalue weighted by Crippen LogP contribution is 2.20. The summed E-state index contributed by atoms with van der Waals surface area (Å²) in [6.45, 7) is 10.1. The van der Waals surface area contributed by atoms with E-state index in [1.807, 2.05) is 19.1 Å². The maximum Gasteiger partial charge on any atom is 0.194 e. The molecule has 0 unspecified atom stereocenters. The summed E-state index contributed by atoms with van der Waals surface area (Å²) in [5.74, 6) is 0.763. The standard InChI is InChI=1S/C17H27FN4O.HI/c1-3-19-17(20-9-14-23-4-2)22-12-10-21(11-13-22)16-8-6-5-7-15(16)18;/h5-8H,3-4,9-14H2,1-2H3,(H,19,20);1H. The third-order valence-electron chi connectivity index (χ3n) is 3.81. The number of anilines is 1. The number of benzene rings is 1. The average molecular weight is 450 g/mol. The van der Waals surface area contributed by atoms with Crippen LogP contribution in [0.5, 0.6) is 0 Å². The van der Waals surface area contributed by atoms with Crippen LogP contribution in [0.2, 0.25) is 0 Å². The molecule has 0 atom stereocenters. The highest BCUT2D eigenvalue weighted by molar-refractivity contribution is 14.0. The summed E-state index contributed by atoms with van der Waals surface area (Å²) in [5, 5.41) is 3.32. The van der Waals surface area contributed by atoms with Crippen molar-refractivity contribution in [3.8, 4) is 0 Å². The van der Waals surface area contributed by atoms with E-state index in [0.717, 1.165) is 38.7 Å². The number of aliphatic imine (C=N–C) groups is 1. The molecule has 1 N–H and O–H groups in total. The number of nitrogens with zero attached hydrogens (tertiary/aromatic N) is 3. The molecule has 0 amide bonds. The molecular weight excluding hydrogens is 422 g/mol.